The van der Waals surface area contributed by atoms with Gasteiger partial charge in [0.25, 0.3) is 0 Å². The second-order valence-corrected chi connectivity index (χ2v) is 4.60. The minimum absolute atomic E-state index is 0.579. The summed E-state index contributed by atoms with van der Waals surface area (Å²) in [5.74, 6) is 0. The summed E-state index contributed by atoms with van der Waals surface area (Å²) < 4.78 is 0. The van der Waals surface area contributed by atoms with Crippen LogP contribution in [0.2, 0.25) is 0 Å². The summed E-state index contributed by atoms with van der Waals surface area (Å²) in [6.07, 6.45) is 1.32. The van der Waals surface area contributed by atoms with E-state index in [2.05, 4.69) is 4.98 Å². The summed E-state index contributed by atoms with van der Waals surface area (Å²) in [6, 6.07) is 16.0. The molecule has 2 heteroatoms. The van der Waals surface area contributed by atoms with E-state index in [0.717, 1.165) is 22.0 Å². The van der Waals surface area contributed by atoms with E-state index in [1.54, 1.807) is 0 Å². The number of hydrogen-bond donors (Lipinski definition) is 2. The number of benzene rings is 2. The lowest BCUT2D eigenvalue weighted by Crippen LogP contribution is -1.99. The molecule has 1 aromatic heterocycles. The number of aromatic amines is 1. The predicted octanol–water partition coefficient (Wildman–Crippen LogP) is 3.56. The molecule has 1 unspecified atom stereocenters. The molecule has 0 bridgehead atoms. The first-order valence-electron chi connectivity index (χ1n) is 6.06. The van der Waals surface area contributed by atoms with Gasteiger partial charge in [-0.05, 0) is 30.2 Å². The van der Waals surface area contributed by atoms with Gasteiger partial charge in [-0.2, -0.15) is 0 Å². The Morgan fingerprint density at radius 2 is 1.78 bits per heavy atom. The summed E-state index contributed by atoms with van der Waals surface area (Å²) in [4.78, 5) is 3.16. The molecule has 0 aliphatic carbocycles. The van der Waals surface area contributed by atoms with E-state index >= 15 is 0 Å². The van der Waals surface area contributed by atoms with Crippen LogP contribution in [-0.2, 0) is 0 Å². The first-order valence-corrected chi connectivity index (χ1v) is 6.06. The third kappa shape index (κ3) is 1.81. The zero-order chi connectivity index (χ0) is 12.5. The highest BCUT2D eigenvalue weighted by atomic mass is 16.3. The van der Waals surface area contributed by atoms with Crippen molar-refractivity contribution in [1.29, 1.82) is 0 Å². The molecule has 2 nitrogen and oxygen atoms in total. The largest absolute Gasteiger partial charge is 0.384 e. The Kier molecular flexibility index (Phi) is 2.65. The minimum Gasteiger partial charge on any atom is -0.384 e. The third-order valence-electron chi connectivity index (χ3n) is 3.32. The summed E-state index contributed by atoms with van der Waals surface area (Å²) in [7, 11) is 0. The van der Waals surface area contributed by atoms with Crippen LogP contribution in [0, 0.1) is 6.92 Å². The summed E-state index contributed by atoms with van der Waals surface area (Å²) in [5, 5.41) is 11.6. The van der Waals surface area contributed by atoms with Gasteiger partial charge in [-0.15, -0.1) is 0 Å². The lowest BCUT2D eigenvalue weighted by atomic mass is 9.98. The molecule has 3 aromatic rings. The summed E-state index contributed by atoms with van der Waals surface area (Å²) >= 11 is 0. The molecule has 0 radical (unpaired) electrons. The monoisotopic (exact) mass is 237 g/mol. The Morgan fingerprint density at radius 1 is 1.00 bits per heavy atom. The van der Waals surface area contributed by atoms with Crippen LogP contribution in [0.4, 0.5) is 0 Å². The fourth-order valence-corrected chi connectivity index (χ4v) is 2.28. The van der Waals surface area contributed by atoms with Crippen molar-refractivity contribution in [2.24, 2.45) is 0 Å². The van der Waals surface area contributed by atoms with Crippen molar-refractivity contribution < 1.29 is 5.11 Å². The molecule has 1 atom stereocenters. The maximum Gasteiger partial charge on any atom is 0.105 e. The van der Waals surface area contributed by atoms with Crippen molar-refractivity contribution in [3.05, 3.63) is 71.4 Å². The van der Waals surface area contributed by atoms with Crippen molar-refractivity contribution >= 4 is 10.9 Å². The predicted molar refractivity (Wildman–Crippen MR) is 73.5 cm³/mol. The van der Waals surface area contributed by atoms with Crippen LogP contribution in [0.5, 0.6) is 0 Å². The van der Waals surface area contributed by atoms with Crippen LogP contribution < -0.4 is 0 Å². The topological polar surface area (TPSA) is 36.0 Å². The van der Waals surface area contributed by atoms with Crippen LogP contribution in [0.1, 0.15) is 22.8 Å². The van der Waals surface area contributed by atoms with Crippen LogP contribution in [0.25, 0.3) is 10.9 Å². The van der Waals surface area contributed by atoms with Crippen molar-refractivity contribution in [2.45, 2.75) is 13.0 Å². The van der Waals surface area contributed by atoms with Crippen LogP contribution in [0.3, 0.4) is 0 Å². The van der Waals surface area contributed by atoms with Gasteiger partial charge >= 0.3 is 0 Å². The maximum atomic E-state index is 10.5. The number of aryl methyl sites for hydroxylation is 1. The lowest BCUT2D eigenvalue weighted by Gasteiger charge is -2.13. The fourth-order valence-electron chi connectivity index (χ4n) is 2.28. The normalized spacial score (nSPS) is 12.8. The van der Waals surface area contributed by atoms with E-state index in [0.29, 0.717) is 0 Å². The molecule has 0 spiro atoms. The van der Waals surface area contributed by atoms with Gasteiger partial charge in [0, 0.05) is 17.1 Å². The highest BCUT2D eigenvalue weighted by molar-refractivity contribution is 5.83. The van der Waals surface area contributed by atoms with E-state index in [1.165, 1.54) is 5.56 Å². The molecule has 18 heavy (non-hydrogen) atoms. The highest BCUT2D eigenvalue weighted by Gasteiger charge is 2.13. The Labute approximate surface area is 106 Å². The molecule has 90 valence electrons. The first kappa shape index (κ1) is 11.1. The zero-order valence-electron chi connectivity index (χ0n) is 10.2. The molecule has 0 saturated heterocycles. The second-order valence-electron chi connectivity index (χ2n) is 4.60. The molecule has 2 N–H and O–H groups in total. The average Bonchev–Trinajstić information content (AvgIpc) is 2.87. The molecular weight excluding hydrogens is 222 g/mol. The number of fused-ring (bicyclic) bond motifs is 1. The summed E-state index contributed by atoms with van der Waals surface area (Å²) in [6.45, 7) is 2.04. The van der Waals surface area contributed by atoms with Crippen molar-refractivity contribution in [3.8, 4) is 0 Å². The van der Waals surface area contributed by atoms with Gasteiger partial charge in [0.2, 0.25) is 0 Å². The van der Waals surface area contributed by atoms with Gasteiger partial charge < -0.3 is 10.1 Å². The molecular formula is C16H15NO. The number of hydrogen-bond acceptors (Lipinski definition) is 1. The number of aliphatic hydroxyl groups is 1. The second kappa shape index (κ2) is 4.31. The number of H-pyrrole nitrogens is 1. The highest BCUT2D eigenvalue weighted by Crippen LogP contribution is 2.28. The number of aliphatic hydroxyl groups excluding tert-OH is 1. The van der Waals surface area contributed by atoms with Gasteiger partial charge in [0.05, 0.1) is 0 Å². The van der Waals surface area contributed by atoms with Crippen molar-refractivity contribution in [1.82, 2.24) is 4.98 Å². The van der Waals surface area contributed by atoms with E-state index < -0.39 is 6.10 Å². The molecule has 0 amide bonds. The SMILES string of the molecule is Cc1ccc(C(O)c2cccc3[nH]ccc23)cc1. The van der Waals surface area contributed by atoms with Crippen molar-refractivity contribution in [3.63, 3.8) is 0 Å². The van der Waals surface area contributed by atoms with Crippen LogP contribution in [0.15, 0.2) is 54.7 Å². The van der Waals surface area contributed by atoms with Crippen LogP contribution in [-0.4, -0.2) is 10.1 Å². The van der Waals surface area contributed by atoms with Crippen molar-refractivity contribution in [2.75, 3.05) is 0 Å². The number of aromatic nitrogens is 1. The Hall–Kier alpha value is -2.06. The average molecular weight is 237 g/mol. The Bertz CT molecular complexity index is 667. The van der Waals surface area contributed by atoms with Gasteiger partial charge in [0.1, 0.15) is 6.10 Å². The minimum atomic E-state index is -0.579. The Balaban J connectivity index is 2.08. The molecule has 0 fully saturated rings. The zero-order valence-corrected chi connectivity index (χ0v) is 10.2. The number of rotatable bonds is 2. The van der Waals surface area contributed by atoms with Gasteiger partial charge in [-0.25, -0.2) is 0 Å². The molecule has 3 rings (SSSR count). The molecule has 1 heterocycles. The fraction of sp³-hybridized carbons (Fsp3) is 0.125. The number of nitrogens with one attached hydrogen (secondary N) is 1. The van der Waals surface area contributed by atoms with E-state index in [4.69, 9.17) is 0 Å². The lowest BCUT2D eigenvalue weighted by molar-refractivity contribution is 0.222. The van der Waals surface area contributed by atoms with E-state index in [1.807, 2.05) is 61.7 Å². The smallest absolute Gasteiger partial charge is 0.105 e. The van der Waals surface area contributed by atoms with Gasteiger partial charge in [-0.3, -0.25) is 0 Å². The molecule has 0 aliphatic heterocycles. The van der Waals surface area contributed by atoms with E-state index in [-0.39, 0.29) is 0 Å². The standard InChI is InChI=1S/C16H15NO/c1-11-5-7-12(8-6-11)16(18)14-3-2-4-15-13(14)9-10-17-15/h2-10,16-18H,1H3. The van der Waals surface area contributed by atoms with Crippen LogP contribution >= 0.6 is 0 Å². The quantitative estimate of drug-likeness (QED) is 0.702. The first-order chi connectivity index (χ1) is 8.75. The van der Waals surface area contributed by atoms with Gasteiger partial charge in [-0.1, -0.05) is 42.0 Å². The third-order valence-corrected chi connectivity index (χ3v) is 3.32. The summed E-state index contributed by atoms with van der Waals surface area (Å²) in [5.41, 5.74) is 4.12. The van der Waals surface area contributed by atoms with E-state index in [9.17, 15) is 5.11 Å². The van der Waals surface area contributed by atoms with Gasteiger partial charge in [0.15, 0.2) is 0 Å². The molecule has 0 aliphatic rings. The Morgan fingerprint density at radius 3 is 2.56 bits per heavy atom. The maximum absolute atomic E-state index is 10.5. The molecule has 0 saturated carbocycles. The molecule has 2 aromatic carbocycles.